The van der Waals surface area contributed by atoms with E-state index in [0.717, 1.165) is 4.31 Å². The molecule has 0 aliphatic rings. The van der Waals surface area contributed by atoms with Gasteiger partial charge in [-0.05, 0) is 29.8 Å². The third-order valence-electron chi connectivity index (χ3n) is 3.68. The first-order valence-corrected chi connectivity index (χ1v) is 9.47. The molecule has 0 saturated heterocycles. The third-order valence-corrected chi connectivity index (χ3v) is 5.50. The normalized spacial score (nSPS) is 11.6. The molecule has 0 aliphatic heterocycles. The van der Waals surface area contributed by atoms with Crippen LogP contribution in [0, 0.1) is 5.82 Å². The lowest BCUT2D eigenvalue weighted by Crippen LogP contribution is -2.36. The minimum absolute atomic E-state index is 0.122. The molecule has 2 rings (SSSR count). The fraction of sp³-hybridized carbons (Fsp3) is 0.222. The van der Waals surface area contributed by atoms with Crippen molar-refractivity contribution in [3.8, 4) is 11.5 Å². The Labute approximate surface area is 162 Å². The summed E-state index contributed by atoms with van der Waals surface area (Å²) in [7, 11) is -0.0214. The number of rotatable bonds is 8. The summed E-state index contributed by atoms with van der Waals surface area (Å²) in [6, 6.07) is 9.95. The number of nitrogens with zero attached hydrogens (tertiary/aromatic N) is 2. The van der Waals surface area contributed by atoms with Gasteiger partial charge >= 0.3 is 0 Å². The lowest BCUT2D eigenvalue weighted by atomic mass is 10.2. The maximum Gasteiger partial charge on any atom is 0.255 e. The molecule has 1 N–H and O–H groups in total. The van der Waals surface area contributed by atoms with Gasteiger partial charge in [0.15, 0.2) is 0 Å². The Bertz CT molecular complexity index is 979. The van der Waals surface area contributed by atoms with Crippen molar-refractivity contribution in [2.75, 3.05) is 27.8 Å². The van der Waals surface area contributed by atoms with E-state index >= 15 is 0 Å². The maximum atomic E-state index is 13.1. The van der Waals surface area contributed by atoms with Crippen LogP contribution in [0.25, 0.3) is 0 Å². The molecule has 0 bridgehead atoms. The predicted molar refractivity (Wildman–Crippen MR) is 101 cm³/mol. The van der Waals surface area contributed by atoms with Crippen molar-refractivity contribution in [3.05, 3.63) is 53.8 Å². The van der Waals surface area contributed by atoms with Crippen LogP contribution in [0.3, 0.4) is 0 Å². The van der Waals surface area contributed by atoms with Gasteiger partial charge in [0.2, 0.25) is 10.0 Å². The molecule has 0 fully saturated rings. The number of hydrogen-bond donors (Lipinski definition) is 1. The van der Waals surface area contributed by atoms with Crippen LogP contribution in [0.5, 0.6) is 11.5 Å². The van der Waals surface area contributed by atoms with Gasteiger partial charge in [-0.25, -0.2) is 18.2 Å². The van der Waals surface area contributed by atoms with Crippen LogP contribution in [0.1, 0.15) is 5.56 Å². The minimum atomic E-state index is -4.03. The summed E-state index contributed by atoms with van der Waals surface area (Å²) in [6.45, 7) is -0.483. The van der Waals surface area contributed by atoms with E-state index in [1.165, 1.54) is 57.8 Å². The molecule has 28 heavy (non-hydrogen) atoms. The average Bonchev–Trinajstić information content (AvgIpc) is 2.67. The van der Waals surface area contributed by atoms with Crippen LogP contribution in [-0.4, -0.2) is 52.7 Å². The summed E-state index contributed by atoms with van der Waals surface area (Å²) >= 11 is 0. The van der Waals surface area contributed by atoms with Crippen molar-refractivity contribution in [2.45, 2.75) is 4.90 Å². The highest BCUT2D eigenvalue weighted by Crippen LogP contribution is 2.30. The number of likely N-dealkylation sites (N-methyl/N-ethyl adjacent to an activating group) is 1. The molecule has 0 aliphatic carbocycles. The number of sulfonamides is 1. The van der Waals surface area contributed by atoms with Crippen LogP contribution in [0.4, 0.5) is 4.39 Å². The van der Waals surface area contributed by atoms with E-state index in [1.54, 1.807) is 12.1 Å². The van der Waals surface area contributed by atoms with Crippen LogP contribution in [0.15, 0.2) is 52.5 Å². The first-order valence-electron chi connectivity index (χ1n) is 8.03. The summed E-state index contributed by atoms with van der Waals surface area (Å²) in [5.74, 6) is -0.650. The van der Waals surface area contributed by atoms with Crippen molar-refractivity contribution in [1.82, 2.24) is 9.73 Å². The highest BCUT2D eigenvalue weighted by molar-refractivity contribution is 7.89. The summed E-state index contributed by atoms with van der Waals surface area (Å²) in [6.07, 6.45) is 1.25. The standard InChI is InChI=1S/C18H20FN3O5S/c1-22(12-18(23)21-20-11-13-5-4-6-14(19)9-13)28(24,25)17-10-15(26-2)7-8-16(17)27-3/h4-11H,12H2,1-3H3,(H,21,23). The molecule has 0 heterocycles. The quantitative estimate of drug-likeness (QED) is 0.528. The van der Waals surface area contributed by atoms with E-state index in [2.05, 4.69) is 10.5 Å². The number of nitrogens with one attached hydrogen (secondary N) is 1. The van der Waals surface area contributed by atoms with Crippen LogP contribution in [-0.2, 0) is 14.8 Å². The van der Waals surface area contributed by atoms with Gasteiger partial charge in [0.05, 0.1) is 27.0 Å². The molecule has 0 unspecified atom stereocenters. The van der Waals surface area contributed by atoms with Gasteiger partial charge in [-0.15, -0.1) is 0 Å². The number of methoxy groups -OCH3 is 2. The number of ether oxygens (including phenoxy) is 2. The molecule has 2 aromatic rings. The first-order chi connectivity index (χ1) is 13.3. The van der Waals surface area contributed by atoms with Gasteiger partial charge in [0, 0.05) is 13.1 Å². The Kier molecular flexibility index (Phi) is 7.07. The average molecular weight is 409 g/mol. The number of halogens is 1. The number of hydrogen-bond acceptors (Lipinski definition) is 6. The molecule has 150 valence electrons. The van der Waals surface area contributed by atoms with Gasteiger partial charge in [0.25, 0.3) is 5.91 Å². The van der Waals surface area contributed by atoms with E-state index in [-0.39, 0.29) is 10.6 Å². The monoisotopic (exact) mass is 409 g/mol. The molecular weight excluding hydrogens is 389 g/mol. The molecule has 0 aromatic heterocycles. The Morgan fingerprint density at radius 2 is 1.96 bits per heavy atom. The van der Waals surface area contributed by atoms with Gasteiger partial charge in [-0.1, -0.05) is 12.1 Å². The largest absolute Gasteiger partial charge is 0.497 e. The summed E-state index contributed by atoms with van der Waals surface area (Å²) in [4.78, 5) is 11.9. The number of amides is 1. The number of benzene rings is 2. The van der Waals surface area contributed by atoms with Crippen LogP contribution in [0.2, 0.25) is 0 Å². The van der Waals surface area contributed by atoms with Gasteiger partial charge in [0.1, 0.15) is 22.2 Å². The van der Waals surface area contributed by atoms with Gasteiger partial charge < -0.3 is 9.47 Å². The molecule has 2 aromatic carbocycles. The van der Waals surface area contributed by atoms with E-state index in [0.29, 0.717) is 11.3 Å². The van der Waals surface area contributed by atoms with Crippen molar-refractivity contribution in [2.24, 2.45) is 5.10 Å². The number of carbonyl (C=O) groups excluding carboxylic acids is 1. The second kappa shape index (κ2) is 9.29. The zero-order valence-electron chi connectivity index (χ0n) is 15.5. The molecule has 0 saturated carbocycles. The third kappa shape index (κ3) is 5.27. The molecule has 0 spiro atoms. The zero-order chi connectivity index (χ0) is 20.7. The molecule has 1 amide bonds. The van der Waals surface area contributed by atoms with Crippen molar-refractivity contribution in [3.63, 3.8) is 0 Å². The van der Waals surface area contributed by atoms with Crippen molar-refractivity contribution < 1.29 is 27.1 Å². The van der Waals surface area contributed by atoms with Crippen LogP contribution < -0.4 is 14.9 Å². The molecule has 10 heteroatoms. The Balaban J connectivity index is 2.08. The fourth-order valence-electron chi connectivity index (χ4n) is 2.24. The molecule has 8 nitrogen and oxygen atoms in total. The summed E-state index contributed by atoms with van der Waals surface area (Å²) < 4.78 is 49.7. The minimum Gasteiger partial charge on any atom is -0.497 e. The van der Waals surface area contributed by atoms with E-state index in [4.69, 9.17) is 9.47 Å². The number of carbonyl (C=O) groups is 1. The molecule has 0 radical (unpaired) electrons. The molecular formula is C18H20FN3O5S. The van der Waals surface area contributed by atoms with Crippen molar-refractivity contribution >= 4 is 22.1 Å². The highest BCUT2D eigenvalue weighted by atomic mass is 32.2. The van der Waals surface area contributed by atoms with E-state index < -0.39 is 28.3 Å². The van der Waals surface area contributed by atoms with Gasteiger partial charge in [-0.3, -0.25) is 4.79 Å². The number of hydrazone groups is 1. The topological polar surface area (TPSA) is 97.3 Å². The van der Waals surface area contributed by atoms with Crippen molar-refractivity contribution in [1.29, 1.82) is 0 Å². The van der Waals surface area contributed by atoms with Gasteiger partial charge in [-0.2, -0.15) is 9.41 Å². The molecule has 0 atom stereocenters. The Morgan fingerprint density at radius 1 is 1.21 bits per heavy atom. The van der Waals surface area contributed by atoms with E-state index in [1.807, 2.05) is 0 Å². The second-order valence-corrected chi connectivity index (χ2v) is 7.64. The Hall–Kier alpha value is -2.98. The second-order valence-electron chi connectivity index (χ2n) is 5.63. The highest BCUT2D eigenvalue weighted by Gasteiger charge is 2.27. The maximum absolute atomic E-state index is 13.1. The lowest BCUT2D eigenvalue weighted by Gasteiger charge is -2.18. The summed E-state index contributed by atoms with van der Waals surface area (Å²) in [5.41, 5.74) is 2.65. The van der Waals surface area contributed by atoms with Crippen LogP contribution >= 0.6 is 0 Å². The fourth-order valence-corrected chi connectivity index (χ4v) is 3.54. The lowest BCUT2D eigenvalue weighted by molar-refractivity contribution is -0.121. The van der Waals surface area contributed by atoms with E-state index in [9.17, 15) is 17.6 Å². The SMILES string of the molecule is COc1ccc(OC)c(S(=O)(=O)N(C)CC(=O)NN=Cc2cccc(F)c2)c1. The zero-order valence-corrected chi connectivity index (χ0v) is 16.4. The summed E-state index contributed by atoms with van der Waals surface area (Å²) in [5, 5.41) is 3.69. The first kappa shape index (κ1) is 21.3. The smallest absolute Gasteiger partial charge is 0.255 e. The predicted octanol–water partition coefficient (Wildman–Crippen LogP) is 1.61. The Morgan fingerprint density at radius 3 is 2.61 bits per heavy atom.